The molecular formula is C7H11N3O4S2. The zero-order valence-corrected chi connectivity index (χ0v) is 10.1. The highest BCUT2D eigenvalue weighted by Crippen LogP contribution is 2.14. The molecule has 0 fully saturated rings. The Balaban J connectivity index is 2.35. The van der Waals surface area contributed by atoms with Gasteiger partial charge in [0.2, 0.25) is 10.0 Å². The van der Waals surface area contributed by atoms with E-state index in [2.05, 4.69) is 15.0 Å². The lowest BCUT2D eigenvalue weighted by Gasteiger charge is -2.02. The molecule has 16 heavy (non-hydrogen) atoms. The van der Waals surface area contributed by atoms with E-state index >= 15 is 0 Å². The average Bonchev–Trinajstić information content (AvgIpc) is 2.59. The second-order valence-corrected chi connectivity index (χ2v) is 5.63. The summed E-state index contributed by atoms with van der Waals surface area (Å²) in [5.41, 5.74) is -0.0245. The first kappa shape index (κ1) is 12.9. The number of rotatable bonds is 6. The van der Waals surface area contributed by atoms with Crippen molar-refractivity contribution in [2.75, 3.05) is 24.7 Å². The minimum absolute atomic E-state index is 0.0245. The number of nitrogens with one attached hydrogen (secondary N) is 2. The second kappa shape index (κ2) is 5.23. The minimum Gasteiger partial charge on any atom is -0.476 e. The van der Waals surface area contributed by atoms with Crippen molar-refractivity contribution >= 4 is 32.5 Å². The number of carboxylic acid groups (broad SMARTS) is 1. The van der Waals surface area contributed by atoms with E-state index < -0.39 is 16.0 Å². The first-order valence-corrected chi connectivity index (χ1v) is 7.03. The van der Waals surface area contributed by atoms with Crippen molar-refractivity contribution in [2.45, 2.75) is 0 Å². The van der Waals surface area contributed by atoms with Crippen LogP contribution < -0.4 is 10.0 Å². The van der Waals surface area contributed by atoms with Crippen LogP contribution in [0.15, 0.2) is 5.38 Å². The van der Waals surface area contributed by atoms with Crippen molar-refractivity contribution in [3.63, 3.8) is 0 Å². The molecule has 0 saturated heterocycles. The molecule has 7 nitrogen and oxygen atoms in total. The summed E-state index contributed by atoms with van der Waals surface area (Å²) in [7, 11) is -3.19. The van der Waals surface area contributed by atoms with Gasteiger partial charge in [-0.05, 0) is 0 Å². The van der Waals surface area contributed by atoms with Gasteiger partial charge in [0.15, 0.2) is 10.8 Å². The van der Waals surface area contributed by atoms with E-state index in [1.807, 2.05) is 0 Å². The van der Waals surface area contributed by atoms with Gasteiger partial charge in [-0.3, -0.25) is 0 Å². The fourth-order valence-electron chi connectivity index (χ4n) is 0.859. The third-order valence-corrected chi connectivity index (χ3v) is 3.02. The number of hydrogen-bond acceptors (Lipinski definition) is 6. The Bertz CT molecular complexity index is 468. The standard InChI is InChI=1S/C7H11N3O4S2/c1-16(13,14)9-3-2-8-7-10-5(4-15-7)6(11)12/h4,9H,2-3H2,1H3,(H,8,10)(H,11,12). The van der Waals surface area contributed by atoms with Gasteiger partial charge in [-0.2, -0.15) is 0 Å². The smallest absolute Gasteiger partial charge is 0.355 e. The fraction of sp³-hybridized carbons (Fsp3) is 0.429. The molecule has 0 spiro atoms. The van der Waals surface area contributed by atoms with Gasteiger partial charge in [0.1, 0.15) is 0 Å². The maximum absolute atomic E-state index is 10.7. The highest BCUT2D eigenvalue weighted by Gasteiger charge is 2.07. The van der Waals surface area contributed by atoms with Crippen LogP contribution in [0.1, 0.15) is 10.5 Å². The van der Waals surface area contributed by atoms with Crippen LogP contribution in [0.3, 0.4) is 0 Å². The van der Waals surface area contributed by atoms with Gasteiger partial charge in [-0.25, -0.2) is 22.9 Å². The second-order valence-electron chi connectivity index (χ2n) is 2.94. The Labute approximate surface area is 96.6 Å². The van der Waals surface area contributed by atoms with Crippen molar-refractivity contribution < 1.29 is 18.3 Å². The van der Waals surface area contributed by atoms with Gasteiger partial charge in [-0.1, -0.05) is 0 Å². The van der Waals surface area contributed by atoms with Crippen molar-refractivity contribution in [1.29, 1.82) is 0 Å². The topological polar surface area (TPSA) is 108 Å². The van der Waals surface area contributed by atoms with Crippen LogP contribution in [0.25, 0.3) is 0 Å². The number of carbonyl (C=O) groups is 1. The zero-order valence-electron chi connectivity index (χ0n) is 8.43. The van der Waals surface area contributed by atoms with Gasteiger partial charge < -0.3 is 10.4 Å². The van der Waals surface area contributed by atoms with E-state index in [1.54, 1.807) is 0 Å². The van der Waals surface area contributed by atoms with Crippen LogP contribution in [-0.2, 0) is 10.0 Å². The summed E-state index contributed by atoms with van der Waals surface area (Å²) in [4.78, 5) is 14.3. The number of nitrogens with zero attached hydrogens (tertiary/aromatic N) is 1. The van der Waals surface area contributed by atoms with Crippen LogP contribution >= 0.6 is 11.3 Å². The maximum atomic E-state index is 10.7. The number of sulfonamides is 1. The first-order valence-electron chi connectivity index (χ1n) is 4.26. The van der Waals surface area contributed by atoms with E-state index in [1.165, 1.54) is 5.38 Å². The molecule has 90 valence electrons. The SMILES string of the molecule is CS(=O)(=O)NCCNc1nc(C(=O)O)cs1. The molecule has 1 rings (SSSR count). The highest BCUT2D eigenvalue weighted by molar-refractivity contribution is 7.88. The quantitative estimate of drug-likeness (QED) is 0.615. The number of thiazole rings is 1. The molecule has 0 amide bonds. The summed E-state index contributed by atoms with van der Waals surface area (Å²) in [6.07, 6.45) is 1.07. The number of carboxylic acids is 1. The molecule has 0 bridgehead atoms. The van der Waals surface area contributed by atoms with Crippen molar-refractivity contribution in [3.8, 4) is 0 Å². The van der Waals surface area contributed by atoms with Crippen LogP contribution in [-0.4, -0.2) is 43.8 Å². The molecule has 3 N–H and O–H groups in total. The molecule has 0 unspecified atom stereocenters. The molecule has 1 heterocycles. The number of hydrogen-bond donors (Lipinski definition) is 3. The summed E-state index contributed by atoms with van der Waals surface area (Å²) in [6, 6.07) is 0. The summed E-state index contributed by atoms with van der Waals surface area (Å²) in [5, 5.41) is 13.3. The monoisotopic (exact) mass is 265 g/mol. The number of aromatic nitrogens is 1. The molecule has 0 atom stereocenters. The molecule has 0 aliphatic carbocycles. The lowest BCUT2D eigenvalue weighted by atomic mass is 10.5. The van der Waals surface area contributed by atoms with Gasteiger partial charge in [0.05, 0.1) is 6.26 Å². The molecular weight excluding hydrogens is 254 g/mol. The van der Waals surface area contributed by atoms with E-state index in [-0.39, 0.29) is 12.2 Å². The summed E-state index contributed by atoms with van der Waals surface area (Å²) in [6.45, 7) is 0.570. The summed E-state index contributed by atoms with van der Waals surface area (Å²) < 4.78 is 23.7. The lowest BCUT2D eigenvalue weighted by molar-refractivity contribution is 0.0691. The van der Waals surface area contributed by atoms with Gasteiger partial charge in [0.25, 0.3) is 0 Å². The van der Waals surface area contributed by atoms with Crippen LogP contribution in [0.4, 0.5) is 5.13 Å². The van der Waals surface area contributed by atoms with E-state index in [0.29, 0.717) is 11.7 Å². The highest BCUT2D eigenvalue weighted by atomic mass is 32.2. The van der Waals surface area contributed by atoms with E-state index in [0.717, 1.165) is 17.6 Å². The predicted molar refractivity (Wildman–Crippen MR) is 60.4 cm³/mol. The maximum Gasteiger partial charge on any atom is 0.355 e. The van der Waals surface area contributed by atoms with Crippen molar-refractivity contribution in [3.05, 3.63) is 11.1 Å². The van der Waals surface area contributed by atoms with Gasteiger partial charge in [0, 0.05) is 18.5 Å². The van der Waals surface area contributed by atoms with E-state index in [4.69, 9.17) is 5.11 Å². The zero-order chi connectivity index (χ0) is 12.2. The summed E-state index contributed by atoms with van der Waals surface area (Å²) >= 11 is 1.16. The van der Waals surface area contributed by atoms with Crippen molar-refractivity contribution in [2.24, 2.45) is 0 Å². The van der Waals surface area contributed by atoms with Crippen LogP contribution in [0.2, 0.25) is 0 Å². The largest absolute Gasteiger partial charge is 0.476 e. The average molecular weight is 265 g/mol. The van der Waals surface area contributed by atoms with Crippen LogP contribution in [0.5, 0.6) is 0 Å². The molecule has 9 heteroatoms. The van der Waals surface area contributed by atoms with Gasteiger partial charge >= 0.3 is 5.97 Å². The third-order valence-electron chi connectivity index (χ3n) is 1.49. The van der Waals surface area contributed by atoms with Crippen LogP contribution in [0, 0.1) is 0 Å². The summed E-state index contributed by atoms with van der Waals surface area (Å²) in [5.74, 6) is -1.08. The third kappa shape index (κ3) is 4.55. The lowest BCUT2D eigenvalue weighted by Crippen LogP contribution is -2.27. The Morgan fingerprint density at radius 1 is 1.56 bits per heavy atom. The Kier molecular flexibility index (Phi) is 4.21. The molecule has 1 aromatic rings. The number of anilines is 1. The first-order chi connectivity index (χ1) is 7.38. The predicted octanol–water partition coefficient (Wildman–Crippen LogP) is -0.198. The van der Waals surface area contributed by atoms with Gasteiger partial charge in [-0.15, -0.1) is 11.3 Å². The molecule has 0 aliphatic rings. The molecule has 0 aliphatic heterocycles. The Hall–Kier alpha value is -1.19. The molecule has 0 aromatic carbocycles. The Morgan fingerprint density at radius 3 is 2.75 bits per heavy atom. The Morgan fingerprint density at radius 2 is 2.25 bits per heavy atom. The minimum atomic E-state index is -3.19. The molecule has 1 aromatic heterocycles. The fourth-order valence-corrected chi connectivity index (χ4v) is 2.05. The molecule has 0 saturated carbocycles. The van der Waals surface area contributed by atoms with Crippen molar-refractivity contribution in [1.82, 2.24) is 9.71 Å². The normalized spacial score (nSPS) is 11.3. The molecule has 0 radical (unpaired) electrons. The van der Waals surface area contributed by atoms with E-state index in [9.17, 15) is 13.2 Å². The number of aromatic carboxylic acids is 1.